The fraction of sp³-hybridized carbons (Fsp3) is 0.214. The molecule has 2 aromatic rings. The average molecular weight is 375 g/mol. The van der Waals surface area contributed by atoms with Gasteiger partial charge in [0.15, 0.2) is 0 Å². The van der Waals surface area contributed by atoms with E-state index in [-0.39, 0.29) is 12.0 Å². The molecule has 0 fully saturated rings. The largest absolute Gasteiger partial charge is 0.465 e. The van der Waals surface area contributed by atoms with E-state index in [4.69, 9.17) is 16.3 Å². The number of hydrogen-bond acceptors (Lipinski definition) is 4. The van der Waals surface area contributed by atoms with E-state index in [1.807, 2.05) is 18.4 Å². The SMILES string of the molecule is COC(=O)c1ccc(Cl)cc1NC(C)c1sccc1Br. The molecule has 0 radical (unpaired) electrons. The first-order valence-corrected chi connectivity index (χ1v) is 7.95. The maximum absolute atomic E-state index is 11.8. The summed E-state index contributed by atoms with van der Waals surface area (Å²) < 4.78 is 5.83. The number of rotatable bonds is 4. The zero-order valence-electron chi connectivity index (χ0n) is 10.9. The molecule has 0 saturated heterocycles. The molecule has 1 aromatic heterocycles. The molecule has 20 heavy (non-hydrogen) atoms. The molecule has 6 heteroatoms. The summed E-state index contributed by atoms with van der Waals surface area (Å²) in [6.45, 7) is 2.03. The van der Waals surface area contributed by atoms with Crippen LogP contribution < -0.4 is 5.32 Å². The highest BCUT2D eigenvalue weighted by molar-refractivity contribution is 9.10. The van der Waals surface area contributed by atoms with E-state index in [2.05, 4.69) is 21.2 Å². The Bertz CT molecular complexity index is 629. The van der Waals surface area contributed by atoms with Crippen LogP contribution in [-0.4, -0.2) is 13.1 Å². The van der Waals surface area contributed by atoms with Crippen LogP contribution in [0.2, 0.25) is 5.02 Å². The Morgan fingerprint density at radius 1 is 1.45 bits per heavy atom. The van der Waals surface area contributed by atoms with Crippen molar-refractivity contribution in [2.75, 3.05) is 12.4 Å². The van der Waals surface area contributed by atoms with Crippen molar-refractivity contribution in [1.29, 1.82) is 0 Å². The maximum atomic E-state index is 11.8. The van der Waals surface area contributed by atoms with Gasteiger partial charge in [-0.1, -0.05) is 11.6 Å². The second kappa shape index (κ2) is 6.61. The number of hydrogen-bond donors (Lipinski definition) is 1. The number of methoxy groups -OCH3 is 1. The summed E-state index contributed by atoms with van der Waals surface area (Å²) in [6.07, 6.45) is 0. The summed E-state index contributed by atoms with van der Waals surface area (Å²) >= 11 is 11.2. The highest BCUT2D eigenvalue weighted by Gasteiger charge is 2.16. The minimum atomic E-state index is -0.387. The summed E-state index contributed by atoms with van der Waals surface area (Å²) in [5, 5.41) is 5.88. The fourth-order valence-corrected chi connectivity index (χ4v) is 3.73. The van der Waals surface area contributed by atoms with Gasteiger partial charge < -0.3 is 10.1 Å². The van der Waals surface area contributed by atoms with E-state index in [9.17, 15) is 4.79 Å². The third-order valence-electron chi connectivity index (χ3n) is 2.80. The number of carbonyl (C=O) groups excluding carboxylic acids is 1. The molecule has 0 saturated carbocycles. The zero-order chi connectivity index (χ0) is 14.7. The van der Waals surface area contributed by atoms with Crippen molar-refractivity contribution in [2.45, 2.75) is 13.0 Å². The van der Waals surface area contributed by atoms with Crippen LogP contribution in [0.5, 0.6) is 0 Å². The number of anilines is 1. The zero-order valence-corrected chi connectivity index (χ0v) is 14.1. The minimum absolute atomic E-state index is 0.0475. The van der Waals surface area contributed by atoms with Crippen LogP contribution in [0.25, 0.3) is 0 Å². The molecule has 1 N–H and O–H groups in total. The van der Waals surface area contributed by atoms with E-state index in [1.165, 1.54) is 7.11 Å². The summed E-state index contributed by atoms with van der Waals surface area (Å²) in [7, 11) is 1.36. The number of benzene rings is 1. The first-order valence-electron chi connectivity index (χ1n) is 5.90. The summed E-state index contributed by atoms with van der Waals surface area (Å²) in [5.74, 6) is -0.387. The van der Waals surface area contributed by atoms with Gasteiger partial charge in [-0.3, -0.25) is 0 Å². The monoisotopic (exact) mass is 373 g/mol. The molecule has 2 rings (SSSR count). The summed E-state index contributed by atoms with van der Waals surface area (Å²) in [4.78, 5) is 12.9. The molecule has 1 unspecified atom stereocenters. The van der Waals surface area contributed by atoms with Crippen LogP contribution in [0.4, 0.5) is 5.69 Å². The van der Waals surface area contributed by atoms with Crippen molar-refractivity contribution >= 4 is 50.5 Å². The molecule has 0 aliphatic heterocycles. The topological polar surface area (TPSA) is 38.3 Å². The first-order chi connectivity index (χ1) is 9.52. The van der Waals surface area contributed by atoms with Crippen LogP contribution in [-0.2, 0) is 4.74 Å². The lowest BCUT2D eigenvalue weighted by atomic mass is 10.1. The van der Waals surface area contributed by atoms with Crippen LogP contribution >= 0.6 is 38.9 Å². The summed E-state index contributed by atoms with van der Waals surface area (Å²) in [6, 6.07) is 7.10. The Morgan fingerprint density at radius 3 is 2.80 bits per heavy atom. The predicted molar refractivity (Wildman–Crippen MR) is 86.8 cm³/mol. The Hall–Kier alpha value is -1.04. The first kappa shape index (κ1) is 15.4. The minimum Gasteiger partial charge on any atom is -0.465 e. The number of ether oxygens (including phenoxy) is 1. The van der Waals surface area contributed by atoms with Gasteiger partial charge in [0, 0.05) is 14.4 Å². The van der Waals surface area contributed by atoms with Gasteiger partial charge >= 0.3 is 5.97 Å². The van der Waals surface area contributed by atoms with Crippen molar-refractivity contribution in [3.63, 3.8) is 0 Å². The lowest BCUT2D eigenvalue weighted by molar-refractivity contribution is 0.0602. The molecular weight excluding hydrogens is 362 g/mol. The second-order valence-corrected chi connectivity index (χ2v) is 6.42. The lowest BCUT2D eigenvalue weighted by Gasteiger charge is -2.17. The van der Waals surface area contributed by atoms with Crippen LogP contribution in [0, 0.1) is 0 Å². The second-order valence-electron chi connectivity index (χ2n) is 4.18. The van der Waals surface area contributed by atoms with Gasteiger partial charge in [0.1, 0.15) is 0 Å². The molecule has 0 aliphatic carbocycles. The number of halogens is 2. The van der Waals surface area contributed by atoms with E-state index in [0.717, 1.165) is 9.35 Å². The number of esters is 1. The normalized spacial score (nSPS) is 12.0. The van der Waals surface area contributed by atoms with E-state index in [0.29, 0.717) is 16.3 Å². The van der Waals surface area contributed by atoms with Crippen molar-refractivity contribution < 1.29 is 9.53 Å². The van der Waals surface area contributed by atoms with Crippen molar-refractivity contribution in [2.24, 2.45) is 0 Å². The highest BCUT2D eigenvalue weighted by atomic mass is 79.9. The molecule has 0 aliphatic rings. The highest BCUT2D eigenvalue weighted by Crippen LogP contribution is 2.32. The summed E-state index contributed by atoms with van der Waals surface area (Å²) in [5.41, 5.74) is 1.13. The van der Waals surface area contributed by atoms with Crippen molar-refractivity contribution in [3.8, 4) is 0 Å². The number of carbonyl (C=O) groups is 1. The molecular formula is C14H13BrClNO2S. The molecule has 1 atom stereocenters. The van der Waals surface area contributed by atoms with Crippen molar-refractivity contribution in [1.82, 2.24) is 0 Å². The molecule has 0 spiro atoms. The third-order valence-corrected chi connectivity index (χ3v) is 5.09. The number of nitrogens with one attached hydrogen (secondary N) is 1. The van der Waals surface area contributed by atoms with E-state index < -0.39 is 0 Å². The van der Waals surface area contributed by atoms with Crippen LogP contribution in [0.15, 0.2) is 34.1 Å². The van der Waals surface area contributed by atoms with Gasteiger partial charge in [0.25, 0.3) is 0 Å². The quantitative estimate of drug-likeness (QED) is 0.754. The third kappa shape index (κ3) is 3.34. The van der Waals surface area contributed by atoms with Gasteiger partial charge in [-0.05, 0) is 52.5 Å². The standard InChI is InChI=1S/C14H13BrClNO2S/c1-8(13-11(15)5-6-20-13)17-12-7-9(16)3-4-10(12)14(18)19-2/h3-8,17H,1-2H3. The van der Waals surface area contributed by atoms with Crippen molar-refractivity contribution in [3.05, 3.63) is 49.6 Å². The fourth-order valence-electron chi connectivity index (χ4n) is 1.84. The predicted octanol–water partition coefficient (Wildman–Crippen LogP) is 5.12. The Labute approximate surface area is 135 Å². The smallest absolute Gasteiger partial charge is 0.339 e. The Kier molecular flexibility index (Phi) is 5.07. The van der Waals surface area contributed by atoms with Gasteiger partial charge in [0.2, 0.25) is 0 Å². The molecule has 1 aromatic carbocycles. The van der Waals surface area contributed by atoms with E-state index >= 15 is 0 Å². The molecule has 0 amide bonds. The lowest BCUT2D eigenvalue weighted by Crippen LogP contribution is -2.11. The van der Waals surface area contributed by atoms with Gasteiger partial charge in [-0.15, -0.1) is 11.3 Å². The van der Waals surface area contributed by atoms with E-state index in [1.54, 1.807) is 29.5 Å². The van der Waals surface area contributed by atoms with Gasteiger partial charge in [0.05, 0.1) is 24.4 Å². The molecule has 0 bridgehead atoms. The average Bonchev–Trinajstić information content (AvgIpc) is 2.84. The molecule has 1 heterocycles. The number of thiophene rings is 1. The molecule has 106 valence electrons. The van der Waals surface area contributed by atoms with Crippen LogP contribution in [0.1, 0.15) is 28.2 Å². The maximum Gasteiger partial charge on any atom is 0.339 e. The Morgan fingerprint density at radius 2 is 2.20 bits per heavy atom. The van der Waals surface area contributed by atoms with Gasteiger partial charge in [-0.2, -0.15) is 0 Å². The van der Waals surface area contributed by atoms with Gasteiger partial charge in [-0.25, -0.2) is 4.79 Å². The molecule has 3 nitrogen and oxygen atoms in total. The Balaban J connectivity index is 2.30. The van der Waals surface area contributed by atoms with Crippen LogP contribution in [0.3, 0.4) is 0 Å².